The first-order chi connectivity index (χ1) is 30.3. The van der Waals surface area contributed by atoms with Crippen LogP contribution in [0.15, 0.2) is 176 Å². The molecular weight excluding hydrogens is 776 g/mol. The van der Waals surface area contributed by atoms with Crippen LogP contribution in [-0.2, 0) is 11.6 Å². The Labute approximate surface area is 365 Å². The minimum Gasteiger partial charge on any atom is -0.457 e. The van der Waals surface area contributed by atoms with Gasteiger partial charge in [0.25, 0.3) is 0 Å². The van der Waals surface area contributed by atoms with Crippen LogP contribution in [0.25, 0.3) is 60.1 Å². The van der Waals surface area contributed by atoms with Crippen molar-refractivity contribution in [3.63, 3.8) is 0 Å². The van der Waals surface area contributed by atoms with Crippen LogP contribution in [0, 0.1) is 0 Å². The Bertz CT molecular complexity index is 3120. The smallest absolute Gasteiger partial charge is 0.137 e. The first-order valence-corrected chi connectivity index (χ1v) is 23.3. The molecule has 0 saturated heterocycles. The summed E-state index contributed by atoms with van der Waals surface area (Å²) < 4.78 is 9.27. The third-order valence-corrected chi connectivity index (χ3v) is 14.8. The standard InChI is InChI=1S/C56H51N4OP/c1-6-7-33-62-50-30-18-29-48-53(50)54-49(60(48)52-34-40(31-32-57-52)56(2,3)4)36-43(37-51(54)62)61-42-24-16-23-41(35-42)58-46-27-14-15-28-47(46)59(5)55-44(38-19-10-8-11-20-38)25-17-26-45(55)39-21-12-9-13-22-39/h8-32,34-37,58H,6-7,33H2,1-5H3. The van der Waals surface area contributed by atoms with Crippen LogP contribution in [0.1, 0.15) is 46.1 Å². The predicted octanol–water partition coefficient (Wildman–Crippen LogP) is 16.5. The molecule has 1 unspecified atom stereocenters. The van der Waals surface area contributed by atoms with E-state index in [-0.39, 0.29) is 5.41 Å². The highest BCUT2D eigenvalue weighted by Crippen LogP contribution is 2.56. The number of unbranched alkanes of at least 4 members (excludes halogenated alkanes) is 1. The first kappa shape index (κ1) is 39.3. The van der Waals surface area contributed by atoms with Gasteiger partial charge in [-0.3, -0.25) is 4.57 Å². The van der Waals surface area contributed by atoms with E-state index in [1.807, 2.05) is 6.20 Å². The summed E-state index contributed by atoms with van der Waals surface area (Å²) in [4.78, 5) is 7.29. The molecule has 1 N–H and O–H groups in total. The van der Waals surface area contributed by atoms with Crippen molar-refractivity contribution in [3.05, 3.63) is 182 Å². The minimum absolute atomic E-state index is 0.000676. The number of pyridine rings is 1. The average Bonchev–Trinajstić information content (AvgIpc) is 3.81. The number of nitrogens with one attached hydrogen (secondary N) is 1. The SMILES string of the molecule is CCCCp1c2cccc3c2c2c(cc(Oc4cccc(Nc5ccccc5N(C)c5c(-c6ccccc6)cccc5-c5ccccc5)c4)cc21)n3-c1cc(C(C)(C)C)ccn1. The van der Waals surface area contributed by atoms with Gasteiger partial charge in [0, 0.05) is 63.2 Å². The number of aryl methyl sites for hydroxylation is 1. The molecule has 0 fully saturated rings. The number of nitrogens with zero attached hydrogens (tertiary/aromatic N) is 3. The van der Waals surface area contributed by atoms with Gasteiger partial charge in [0.1, 0.15) is 17.3 Å². The van der Waals surface area contributed by atoms with Crippen molar-refractivity contribution in [3.8, 4) is 39.6 Å². The summed E-state index contributed by atoms with van der Waals surface area (Å²) in [6.45, 7) is 9.07. The number of rotatable bonds is 12. The maximum absolute atomic E-state index is 6.91. The molecule has 62 heavy (non-hydrogen) atoms. The Morgan fingerprint density at radius 2 is 1.32 bits per heavy atom. The molecule has 3 heterocycles. The molecule has 0 bridgehead atoms. The molecule has 5 nitrogen and oxygen atoms in total. The molecule has 0 aliphatic carbocycles. The van der Waals surface area contributed by atoms with Crippen LogP contribution in [0.3, 0.4) is 0 Å². The second kappa shape index (κ2) is 16.2. The van der Waals surface area contributed by atoms with Gasteiger partial charge in [-0.15, -0.1) is 7.53 Å². The van der Waals surface area contributed by atoms with Gasteiger partial charge in [-0.25, -0.2) is 4.98 Å². The van der Waals surface area contributed by atoms with Crippen molar-refractivity contribution in [2.75, 3.05) is 17.3 Å². The Morgan fingerprint density at radius 3 is 2.05 bits per heavy atom. The van der Waals surface area contributed by atoms with E-state index in [1.54, 1.807) is 0 Å². The second-order valence-electron chi connectivity index (χ2n) is 17.3. The Hall–Kier alpha value is -6.81. The highest BCUT2D eigenvalue weighted by molar-refractivity contribution is 7.60. The lowest BCUT2D eigenvalue weighted by Gasteiger charge is -2.28. The lowest BCUT2D eigenvalue weighted by atomic mass is 9.88. The maximum atomic E-state index is 6.91. The second-order valence-corrected chi connectivity index (χ2v) is 19.5. The van der Waals surface area contributed by atoms with Crippen LogP contribution in [-0.4, -0.2) is 16.6 Å². The van der Waals surface area contributed by atoms with E-state index in [4.69, 9.17) is 9.72 Å². The van der Waals surface area contributed by atoms with Gasteiger partial charge in [-0.05, 0) is 83.2 Å². The van der Waals surface area contributed by atoms with E-state index in [0.717, 1.165) is 45.6 Å². The van der Waals surface area contributed by atoms with Gasteiger partial charge >= 0.3 is 0 Å². The van der Waals surface area contributed by atoms with Crippen molar-refractivity contribution < 1.29 is 4.74 Å². The van der Waals surface area contributed by atoms with Crippen LogP contribution in [0.5, 0.6) is 11.5 Å². The monoisotopic (exact) mass is 826 g/mol. The molecule has 6 heteroatoms. The molecule has 0 amide bonds. The van der Waals surface area contributed by atoms with E-state index in [9.17, 15) is 0 Å². The van der Waals surface area contributed by atoms with Gasteiger partial charge in [-0.2, -0.15) is 0 Å². The third-order valence-electron chi connectivity index (χ3n) is 12.1. The zero-order valence-corrected chi connectivity index (χ0v) is 37.0. The number of benzene rings is 7. The molecule has 0 aliphatic heterocycles. The van der Waals surface area contributed by atoms with Crippen LogP contribution >= 0.6 is 7.53 Å². The summed E-state index contributed by atoms with van der Waals surface area (Å²) in [7, 11) is 1.66. The number of anilines is 4. The molecule has 0 radical (unpaired) electrons. The number of hydrogen-bond acceptors (Lipinski definition) is 4. The summed E-state index contributed by atoms with van der Waals surface area (Å²) in [5.41, 5.74) is 12.5. The van der Waals surface area contributed by atoms with Gasteiger partial charge < -0.3 is 15.0 Å². The molecule has 7 aromatic carbocycles. The number of ether oxygens (including phenoxy) is 1. The fraction of sp³-hybridized carbons (Fsp3) is 0.161. The highest BCUT2D eigenvalue weighted by atomic mass is 31.1. The fourth-order valence-electron chi connectivity index (χ4n) is 9.08. The number of aromatic nitrogens is 2. The summed E-state index contributed by atoms with van der Waals surface area (Å²) in [6, 6.07) is 60.6. The Kier molecular flexibility index (Phi) is 10.3. The molecule has 1 atom stereocenters. The van der Waals surface area contributed by atoms with Gasteiger partial charge in [-0.1, -0.05) is 143 Å². The Morgan fingerprint density at radius 1 is 0.645 bits per heavy atom. The van der Waals surface area contributed by atoms with E-state index < -0.39 is 7.53 Å². The van der Waals surface area contributed by atoms with Crippen LogP contribution in [0.4, 0.5) is 22.7 Å². The predicted molar refractivity (Wildman–Crippen MR) is 265 cm³/mol. The normalized spacial score (nSPS) is 12.1. The lowest BCUT2D eigenvalue weighted by Crippen LogP contribution is -2.14. The molecule has 0 aliphatic rings. The van der Waals surface area contributed by atoms with Crippen molar-refractivity contribution in [1.82, 2.24) is 9.55 Å². The van der Waals surface area contributed by atoms with Crippen LogP contribution in [0.2, 0.25) is 0 Å². The van der Waals surface area contributed by atoms with Gasteiger partial charge in [0.2, 0.25) is 0 Å². The van der Waals surface area contributed by atoms with Crippen molar-refractivity contribution in [2.24, 2.45) is 0 Å². The maximum Gasteiger partial charge on any atom is 0.137 e. The van der Waals surface area contributed by atoms with Gasteiger partial charge in [0.15, 0.2) is 0 Å². The molecule has 10 aromatic rings. The van der Waals surface area contributed by atoms with Gasteiger partial charge in [0.05, 0.1) is 28.1 Å². The summed E-state index contributed by atoms with van der Waals surface area (Å²) in [6.07, 6.45) is 5.50. The molecule has 10 rings (SSSR count). The molecule has 0 saturated carbocycles. The summed E-state index contributed by atoms with van der Waals surface area (Å²) in [5.74, 6) is 2.56. The summed E-state index contributed by atoms with van der Waals surface area (Å²) >= 11 is 0. The average molecular weight is 827 g/mol. The number of hydrogen-bond donors (Lipinski definition) is 1. The fourth-order valence-corrected chi connectivity index (χ4v) is 12.0. The van der Waals surface area contributed by atoms with Crippen LogP contribution < -0.4 is 15.0 Å². The minimum atomic E-state index is -0.509. The van der Waals surface area contributed by atoms with Crippen molar-refractivity contribution >= 4 is 62.3 Å². The quantitative estimate of drug-likeness (QED) is 0.133. The first-order valence-electron chi connectivity index (χ1n) is 21.7. The van der Waals surface area contributed by atoms with E-state index in [1.165, 1.54) is 73.3 Å². The summed E-state index contributed by atoms with van der Waals surface area (Å²) in [5, 5.41) is 9.41. The molecule has 0 spiro atoms. The zero-order chi connectivity index (χ0) is 42.4. The largest absolute Gasteiger partial charge is 0.457 e. The topological polar surface area (TPSA) is 42.3 Å². The van der Waals surface area contributed by atoms with E-state index in [0.29, 0.717) is 0 Å². The third kappa shape index (κ3) is 7.17. The molecule has 3 aromatic heterocycles. The molecular formula is C56H51N4OP. The number of para-hydroxylation sites is 3. The van der Waals surface area contributed by atoms with E-state index >= 15 is 0 Å². The Balaban J connectivity index is 1.03. The highest BCUT2D eigenvalue weighted by Gasteiger charge is 2.25. The zero-order valence-electron chi connectivity index (χ0n) is 36.1. The van der Waals surface area contributed by atoms with Crippen molar-refractivity contribution in [1.29, 1.82) is 0 Å². The lowest BCUT2D eigenvalue weighted by molar-refractivity contribution is 0.484. The van der Waals surface area contributed by atoms with Crippen molar-refractivity contribution in [2.45, 2.75) is 52.1 Å². The van der Waals surface area contributed by atoms with E-state index in [2.05, 4.69) is 219 Å². The molecule has 306 valence electrons.